The fourth-order valence-electron chi connectivity index (χ4n) is 1.62. The van der Waals surface area contributed by atoms with E-state index in [0.29, 0.717) is 30.7 Å². The van der Waals surface area contributed by atoms with Crippen molar-refractivity contribution in [2.45, 2.75) is 18.9 Å². The average molecular weight is 313 g/mol. The molecule has 1 aromatic rings. The molecule has 1 aliphatic rings. The summed E-state index contributed by atoms with van der Waals surface area (Å²) in [6.45, 7) is 2.48. The molecule has 2 rings (SSSR count). The number of carbonyl (C=O) groups excluding carboxylic acids is 1. The van der Waals surface area contributed by atoms with Gasteiger partial charge < -0.3 is 26.0 Å². The van der Waals surface area contributed by atoms with Crippen LogP contribution in [-0.4, -0.2) is 62.2 Å². The predicted octanol–water partition coefficient (Wildman–Crippen LogP) is 0.608. The number of hydrogen-bond donors (Lipinski definition) is 3. The van der Waals surface area contributed by atoms with Crippen LogP contribution in [0, 0.1) is 0 Å². The molecule has 0 atom stereocenters. The molecule has 8 heteroatoms. The molecule has 0 radical (unpaired) electrons. The second kappa shape index (κ2) is 7.58. The highest BCUT2D eigenvalue weighted by molar-refractivity contribution is 7.18. The fraction of sp³-hybridized carbons (Fsp3) is 0.692. The van der Waals surface area contributed by atoms with E-state index in [1.54, 1.807) is 0 Å². The summed E-state index contributed by atoms with van der Waals surface area (Å²) in [6, 6.07) is 0.497. The van der Waals surface area contributed by atoms with E-state index in [4.69, 9.17) is 10.5 Å². The van der Waals surface area contributed by atoms with Gasteiger partial charge in [-0.25, -0.2) is 4.98 Å². The van der Waals surface area contributed by atoms with E-state index >= 15 is 0 Å². The van der Waals surface area contributed by atoms with Crippen molar-refractivity contribution < 1.29 is 9.53 Å². The molecule has 1 fully saturated rings. The summed E-state index contributed by atoms with van der Waals surface area (Å²) in [6.07, 6.45) is 2.32. The summed E-state index contributed by atoms with van der Waals surface area (Å²) >= 11 is 1.30. The lowest BCUT2D eigenvalue weighted by atomic mass is 10.4. The van der Waals surface area contributed by atoms with Gasteiger partial charge in [-0.05, 0) is 26.9 Å². The number of rotatable bonds is 9. The number of nitrogen functional groups attached to an aromatic ring is 1. The van der Waals surface area contributed by atoms with Gasteiger partial charge in [-0.3, -0.25) is 4.79 Å². The van der Waals surface area contributed by atoms with E-state index in [-0.39, 0.29) is 11.7 Å². The van der Waals surface area contributed by atoms with Crippen LogP contribution in [0.4, 0.5) is 10.9 Å². The molecule has 1 saturated carbocycles. The van der Waals surface area contributed by atoms with Crippen molar-refractivity contribution in [3.8, 4) is 0 Å². The molecule has 0 bridgehead atoms. The van der Waals surface area contributed by atoms with Gasteiger partial charge in [0.2, 0.25) is 0 Å². The number of likely N-dealkylation sites (N-methyl/N-ethyl adjacent to an activating group) is 1. The molecule has 1 amide bonds. The summed E-state index contributed by atoms with van der Waals surface area (Å²) in [5, 5.41) is 6.76. The minimum absolute atomic E-state index is 0.190. The molecule has 0 aromatic carbocycles. The van der Waals surface area contributed by atoms with Gasteiger partial charge in [0, 0.05) is 19.1 Å². The Labute approximate surface area is 128 Å². The zero-order valence-corrected chi connectivity index (χ0v) is 13.3. The van der Waals surface area contributed by atoms with Crippen molar-refractivity contribution in [3.05, 3.63) is 4.88 Å². The number of nitrogens with zero attached hydrogens (tertiary/aromatic N) is 2. The monoisotopic (exact) mass is 313 g/mol. The molecule has 0 aliphatic heterocycles. The smallest absolute Gasteiger partial charge is 0.265 e. The molecule has 118 valence electrons. The van der Waals surface area contributed by atoms with Crippen molar-refractivity contribution in [3.63, 3.8) is 0 Å². The highest BCUT2D eigenvalue weighted by Crippen LogP contribution is 2.30. The molecule has 1 aliphatic carbocycles. The first-order valence-electron chi connectivity index (χ1n) is 7.09. The summed E-state index contributed by atoms with van der Waals surface area (Å²) in [5.74, 6) is 0.0965. The summed E-state index contributed by atoms with van der Waals surface area (Å²) in [5.41, 5.74) is 5.79. The van der Waals surface area contributed by atoms with E-state index in [0.717, 1.165) is 24.5 Å². The zero-order valence-electron chi connectivity index (χ0n) is 12.5. The fourth-order valence-corrected chi connectivity index (χ4v) is 2.50. The molecule has 0 spiro atoms. The first-order chi connectivity index (χ1) is 10.1. The Hall–Kier alpha value is -1.38. The lowest BCUT2D eigenvalue weighted by Gasteiger charge is -2.10. The van der Waals surface area contributed by atoms with Crippen molar-refractivity contribution in [2.75, 3.05) is 51.4 Å². The second-order valence-electron chi connectivity index (χ2n) is 5.32. The first kappa shape index (κ1) is 16.0. The normalized spacial score (nSPS) is 14.4. The molecule has 1 heterocycles. The van der Waals surface area contributed by atoms with E-state index in [1.165, 1.54) is 11.3 Å². The number of hydrogen-bond acceptors (Lipinski definition) is 7. The van der Waals surface area contributed by atoms with Gasteiger partial charge in [0.1, 0.15) is 10.7 Å². The van der Waals surface area contributed by atoms with Crippen LogP contribution < -0.4 is 16.4 Å². The number of ether oxygens (including phenoxy) is 1. The Morgan fingerprint density at radius 1 is 1.48 bits per heavy atom. The predicted molar refractivity (Wildman–Crippen MR) is 84.9 cm³/mol. The van der Waals surface area contributed by atoms with Gasteiger partial charge in [-0.15, -0.1) is 0 Å². The third-order valence-electron chi connectivity index (χ3n) is 2.98. The Bertz CT molecular complexity index is 473. The van der Waals surface area contributed by atoms with Crippen LogP contribution in [0.5, 0.6) is 0 Å². The summed E-state index contributed by atoms with van der Waals surface area (Å²) in [4.78, 5) is 18.7. The van der Waals surface area contributed by atoms with Gasteiger partial charge in [-0.2, -0.15) is 0 Å². The molecule has 0 unspecified atom stereocenters. The van der Waals surface area contributed by atoms with Crippen molar-refractivity contribution in [2.24, 2.45) is 0 Å². The van der Waals surface area contributed by atoms with Crippen molar-refractivity contribution in [1.82, 2.24) is 15.2 Å². The van der Waals surface area contributed by atoms with Gasteiger partial charge in [0.05, 0.1) is 13.2 Å². The molecular weight excluding hydrogens is 290 g/mol. The Kier molecular flexibility index (Phi) is 5.77. The van der Waals surface area contributed by atoms with Gasteiger partial charge in [0.25, 0.3) is 5.91 Å². The molecule has 21 heavy (non-hydrogen) atoms. The minimum Gasteiger partial charge on any atom is -0.382 e. The van der Waals surface area contributed by atoms with Gasteiger partial charge in [-0.1, -0.05) is 11.3 Å². The maximum atomic E-state index is 12.0. The van der Waals surface area contributed by atoms with Crippen LogP contribution in [-0.2, 0) is 4.74 Å². The number of thiazole rings is 1. The number of carbonyl (C=O) groups is 1. The Morgan fingerprint density at radius 3 is 2.90 bits per heavy atom. The third kappa shape index (κ3) is 5.49. The standard InChI is InChI=1S/C13H23N5O2S/c1-18(2)6-8-20-7-5-15-12(19)10-11(14)17-13(21-10)16-9-3-4-9/h9H,3-8,14H2,1-2H3,(H,15,19)(H,16,17). The molecule has 4 N–H and O–H groups in total. The summed E-state index contributed by atoms with van der Waals surface area (Å²) < 4.78 is 5.41. The molecule has 7 nitrogen and oxygen atoms in total. The van der Waals surface area contributed by atoms with E-state index in [9.17, 15) is 4.79 Å². The highest BCUT2D eigenvalue weighted by atomic mass is 32.1. The van der Waals surface area contributed by atoms with Crippen LogP contribution in [0.25, 0.3) is 0 Å². The third-order valence-corrected chi connectivity index (χ3v) is 3.98. The van der Waals surface area contributed by atoms with E-state index < -0.39 is 0 Å². The van der Waals surface area contributed by atoms with Crippen LogP contribution >= 0.6 is 11.3 Å². The number of anilines is 2. The van der Waals surface area contributed by atoms with Crippen LogP contribution in [0.2, 0.25) is 0 Å². The number of nitrogens with one attached hydrogen (secondary N) is 2. The second-order valence-corrected chi connectivity index (χ2v) is 6.32. The Morgan fingerprint density at radius 2 is 2.24 bits per heavy atom. The topological polar surface area (TPSA) is 92.5 Å². The first-order valence-corrected chi connectivity index (χ1v) is 7.91. The summed E-state index contributed by atoms with van der Waals surface area (Å²) in [7, 11) is 3.98. The van der Waals surface area contributed by atoms with Crippen LogP contribution in [0.1, 0.15) is 22.5 Å². The van der Waals surface area contributed by atoms with Crippen LogP contribution in [0.15, 0.2) is 0 Å². The minimum atomic E-state index is -0.190. The maximum absolute atomic E-state index is 12.0. The van der Waals surface area contributed by atoms with E-state index in [1.807, 2.05) is 19.0 Å². The lowest BCUT2D eigenvalue weighted by Crippen LogP contribution is -2.28. The molecular formula is C13H23N5O2S. The van der Waals surface area contributed by atoms with Crippen molar-refractivity contribution >= 4 is 28.2 Å². The van der Waals surface area contributed by atoms with Crippen LogP contribution in [0.3, 0.4) is 0 Å². The molecule has 0 saturated heterocycles. The quantitative estimate of drug-likeness (QED) is 0.578. The van der Waals surface area contributed by atoms with Crippen molar-refractivity contribution in [1.29, 1.82) is 0 Å². The highest BCUT2D eigenvalue weighted by Gasteiger charge is 2.24. The lowest BCUT2D eigenvalue weighted by molar-refractivity contribution is 0.0904. The maximum Gasteiger partial charge on any atom is 0.265 e. The Balaban J connectivity index is 1.68. The van der Waals surface area contributed by atoms with E-state index in [2.05, 4.69) is 15.6 Å². The SMILES string of the molecule is CN(C)CCOCCNC(=O)c1sc(NC2CC2)nc1N. The number of nitrogens with two attached hydrogens (primary N) is 1. The number of aromatic nitrogens is 1. The van der Waals surface area contributed by atoms with Gasteiger partial charge >= 0.3 is 0 Å². The number of amides is 1. The average Bonchev–Trinajstić information content (AvgIpc) is 3.15. The molecule has 1 aromatic heterocycles. The zero-order chi connectivity index (χ0) is 15.2. The largest absolute Gasteiger partial charge is 0.382 e. The van der Waals surface area contributed by atoms with Gasteiger partial charge in [0.15, 0.2) is 5.13 Å².